The summed E-state index contributed by atoms with van der Waals surface area (Å²) in [5.74, 6) is 2.52. The lowest BCUT2D eigenvalue weighted by atomic mass is 10.2. The molecule has 0 unspecified atom stereocenters. The number of pyridine rings is 1. The predicted octanol–water partition coefficient (Wildman–Crippen LogP) is 0.913. The maximum absolute atomic E-state index is 11.6. The lowest BCUT2D eigenvalue weighted by Gasteiger charge is -2.30. The minimum atomic E-state index is -0.00306. The van der Waals surface area contributed by atoms with Gasteiger partial charge in [-0.2, -0.15) is 0 Å². The van der Waals surface area contributed by atoms with Crippen molar-refractivity contribution in [3.8, 4) is 0 Å². The van der Waals surface area contributed by atoms with Gasteiger partial charge in [0, 0.05) is 11.9 Å². The van der Waals surface area contributed by atoms with Crippen molar-refractivity contribution >= 4 is 29.2 Å². The molecule has 1 aromatic heterocycles. The minimum Gasteiger partial charge on any atom is -0.346 e. The van der Waals surface area contributed by atoms with Gasteiger partial charge >= 0.3 is 0 Å². The summed E-state index contributed by atoms with van der Waals surface area (Å²) in [7, 11) is 0. The van der Waals surface area contributed by atoms with Gasteiger partial charge in [-0.1, -0.05) is 0 Å². The number of fused-ring (bicyclic) bond motifs is 3. The molecule has 1 atom stereocenters. The molecule has 1 N–H and O–H groups in total. The highest BCUT2D eigenvalue weighted by Gasteiger charge is 2.36. The molecule has 4 nitrogen and oxygen atoms in total. The van der Waals surface area contributed by atoms with E-state index in [4.69, 9.17) is 0 Å². The maximum atomic E-state index is 11.6. The molecule has 3 rings (SSSR count). The molecule has 5 heteroatoms. The molecule has 0 spiro atoms. The van der Waals surface area contributed by atoms with Crippen LogP contribution in [0.1, 0.15) is 0 Å². The molecule has 0 aliphatic carbocycles. The van der Waals surface area contributed by atoms with Crippen LogP contribution in [0.25, 0.3) is 0 Å². The van der Waals surface area contributed by atoms with Crippen molar-refractivity contribution in [2.45, 2.75) is 6.04 Å². The van der Waals surface area contributed by atoms with Crippen molar-refractivity contribution < 1.29 is 4.79 Å². The number of nitrogens with zero attached hydrogens (tertiary/aromatic N) is 2. The molecule has 0 saturated carbocycles. The molecule has 0 bridgehead atoms. The van der Waals surface area contributed by atoms with E-state index in [0.717, 1.165) is 17.3 Å². The van der Waals surface area contributed by atoms with E-state index in [1.165, 1.54) is 0 Å². The number of rotatable bonds is 0. The predicted molar refractivity (Wildman–Crippen MR) is 56.5 cm³/mol. The number of carbonyl (C=O) groups is 1. The minimum absolute atomic E-state index is 0.00306. The molecule has 0 aromatic carbocycles. The number of anilines is 2. The molecule has 1 amide bonds. The Hall–Kier alpha value is -1.23. The van der Waals surface area contributed by atoms with Crippen LogP contribution in [0, 0.1) is 0 Å². The third-order valence-electron chi connectivity index (χ3n) is 2.52. The second-order valence-corrected chi connectivity index (χ2v) is 4.35. The number of carbonyl (C=O) groups excluding carboxylic acids is 1. The van der Waals surface area contributed by atoms with E-state index < -0.39 is 0 Å². The molecule has 0 radical (unpaired) electrons. The van der Waals surface area contributed by atoms with Gasteiger partial charge in [-0.05, 0) is 12.1 Å². The summed E-state index contributed by atoms with van der Waals surface area (Å²) in [6, 6.07) is 3.90. The van der Waals surface area contributed by atoms with Crippen LogP contribution in [0.5, 0.6) is 0 Å². The van der Waals surface area contributed by atoms with Gasteiger partial charge in [0.2, 0.25) is 5.91 Å². The zero-order valence-electron chi connectivity index (χ0n) is 7.43. The molecule has 72 valence electrons. The Morgan fingerprint density at radius 3 is 3.50 bits per heavy atom. The molecule has 14 heavy (non-hydrogen) atoms. The fourth-order valence-electron chi connectivity index (χ4n) is 1.82. The molecule has 2 aliphatic heterocycles. The topological polar surface area (TPSA) is 45.2 Å². The lowest BCUT2D eigenvalue weighted by Crippen LogP contribution is -2.45. The number of nitrogens with one attached hydrogen (secondary N) is 1. The van der Waals surface area contributed by atoms with Gasteiger partial charge in [0.15, 0.2) is 5.82 Å². The van der Waals surface area contributed by atoms with Crippen LogP contribution in [0.4, 0.5) is 11.5 Å². The quantitative estimate of drug-likeness (QED) is 0.687. The third-order valence-corrected chi connectivity index (χ3v) is 3.53. The van der Waals surface area contributed by atoms with Gasteiger partial charge in [-0.3, -0.25) is 4.79 Å². The molecule has 2 aliphatic rings. The highest BCUT2D eigenvalue weighted by atomic mass is 32.2. The largest absolute Gasteiger partial charge is 0.346 e. The third kappa shape index (κ3) is 1.02. The van der Waals surface area contributed by atoms with Crippen LogP contribution in [0.15, 0.2) is 18.3 Å². The average molecular weight is 207 g/mol. The van der Waals surface area contributed by atoms with Crippen molar-refractivity contribution in [1.29, 1.82) is 0 Å². The van der Waals surface area contributed by atoms with Crippen molar-refractivity contribution in [2.75, 3.05) is 21.8 Å². The summed E-state index contributed by atoms with van der Waals surface area (Å²) in [5, 5.41) is 2.83. The van der Waals surface area contributed by atoms with Crippen LogP contribution in [0.3, 0.4) is 0 Å². The molecule has 1 saturated heterocycles. The zero-order valence-corrected chi connectivity index (χ0v) is 8.25. The van der Waals surface area contributed by atoms with Crippen LogP contribution >= 0.6 is 11.8 Å². The Morgan fingerprint density at radius 2 is 2.57 bits per heavy atom. The molecule has 1 fully saturated rings. The van der Waals surface area contributed by atoms with Crippen molar-refractivity contribution in [3.05, 3.63) is 18.3 Å². The number of aromatic nitrogens is 1. The van der Waals surface area contributed by atoms with Crippen molar-refractivity contribution in [2.24, 2.45) is 0 Å². The average Bonchev–Trinajstić information content (AvgIpc) is 2.67. The Morgan fingerprint density at radius 1 is 1.64 bits per heavy atom. The van der Waals surface area contributed by atoms with E-state index in [1.54, 1.807) is 18.0 Å². The first-order valence-electron chi connectivity index (χ1n) is 4.46. The van der Waals surface area contributed by atoms with Crippen LogP contribution in [-0.4, -0.2) is 28.6 Å². The lowest BCUT2D eigenvalue weighted by molar-refractivity contribution is -0.117. The fraction of sp³-hybridized carbons (Fsp3) is 0.333. The summed E-state index contributed by atoms with van der Waals surface area (Å²) >= 11 is 1.78. The van der Waals surface area contributed by atoms with E-state index in [1.807, 2.05) is 12.1 Å². The summed E-state index contributed by atoms with van der Waals surface area (Å²) in [6.45, 7) is 0. The highest BCUT2D eigenvalue weighted by molar-refractivity contribution is 7.99. The Kier molecular flexibility index (Phi) is 1.67. The Labute approximate surface area is 85.7 Å². The first-order chi connectivity index (χ1) is 6.86. The number of hydrogen-bond donors (Lipinski definition) is 1. The zero-order chi connectivity index (χ0) is 9.54. The monoisotopic (exact) mass is 207 g/mol. The van der Waals surface area contributed by atoms with Gasteiger partial charge in [-0.25, -0.2) is 4.98 Å². The highest BCUT2D eigenvalue weighted by Crippen LogP contribution is 2.35. The summed E-state index contributed by atoms with van der Waals surface area (Å²) in [4.78, 5) is 17.9. The van der Waals surface area contributed by atoms with Gasteiger partial charge in [-0.15, -0.1) is 11.8 Å². The van der Waals surface area contributed by atoms with Gasteiger partial charge in [0.25, 0.3) is 0 Å². The second kappa shape index (κ2) is 2.88. The van der Waals surface area contributed by atoms with Gasteiger partial charge < -0.3 is 10.2 Å². The van der Waals surface area contributed by atoms with E-state index in [-0.39, 0.29) is 11.9 Å². The van der Waals surface area contributed by atoms with Crippen LogP contribution < -0.4 is 10.2 Å². The maximum Gasteiger partial charge on any atom is 0.249 e. The summed E-state index contributed by atoms with van der Waals surface area (Å²) < 4.78 is 0. The van der Waals surface area contributed by atoms with Crippen LogP contribution in [0.2, 0.25) is 0 Å². The standard InChI is InChI=1S/C9H9N3OS/c13-9-7-4-14-5-12(7)6-2-1-3-10-8(6)11-9/h1-3,7H,4-5H2,(H,10,11,13)/t7-/m1/s1. The number of thioether (sulfide) groups is 1. The smallest absolute Gasteiger partial charge is 0.249 e. The fourth-order valence-corrected chi connectivity index (χ4v) is 3.00. The first-order valence-corrected chi connectivity index (χ1v) is 5.62. The molecular formula is C9H9N3OS. The molecular weight excluding hydrogens is 198 g/mol. The summed E-state index contributed by atoms with van der Waals surface area (Å²) in [6.07, 6.45) is 1.70. The van der Waals surface area contributed by atoms with E-state index >= 15 is 0 Å². The number of amides is 1. The Balaban J connectivity index is 2.11. The second-order valence-electron chi connectivity index (χ2n) is 3.35. The van der Waals surface area contributed by atoms with Gasteiger partial charge in [0.05, 0.1) is 11.6 Å². The van der Waals surface area contributed by atoms with Crippen molar-refractivity contribution in [1.82, 2.24) is 4.98 Å². The van der Waals surface area contributed by atoms with E-state index in [0.29, 0.717) is 5.82 Å². The summed E-state index contributed by atoms with van der Waals surface area (Å²) in [5.41, 5.74) is 1.04. The molecule has 3 heterocycles. The normalized spacial score (nSPS) is 24.1. The SMILES string of the molecule is O=C1Nc2ncccc2N2CSC[C@H]12. The van der Waals surface area contributed by atoms with E-state index in [9.17, 15) is 4.79 Å². The van der Waals surface area contributed by atoms with Gasteiger partial charge in [0.1, 0.15) is 6.04 Å². The first kappa shape index (κ1) is 8.11. The number of hydrogen-bond acceptors (Lipinski definition) is 4. The molecule has 1 aromatic rings. The Bertz CT molecular complexity index is 395. The van der Waals surface area contributed by atoms with E-state index in [2.05, 4.69) is 15.2 Å². The van der Waals surface area contributed by atoms with Crippen molar-refractivity contribution in [3.63, 3.8) is 0 Å². The van der Waals surface area contributed by atoms with Crippen LogP contribution in [-0.2, 0) is 4.79 Å².